The van der Waals surface area contributed by atoms with Crippen molar-refractivity contribution in [2.24, 2.45) is 11.3 Å². The van der Waals surface area contributed by atoms with E-state index in [9.17, 15) is 9.90 Å². The van der Waals surface area contributed by atoms with Crippen molar-refractivity contribution in [2.45, 2.75) is 44.2 Å². The molecule has 7 nitrogen and oxygen atoms in total. The van der Waals surface area contributed by atoms with Crippen LogP contribution >= 0.6 is 11.6 Å². The van der Waals surface area contributed by atoms with Crippen LogP contribution in [0.3, 0.4) is 0 Å². The van der Waals surface area contributed by atoms with Crippen LogP contribution in [0.2, 0.25) is 5.02 Å². The normalized spacial score (nSPS) is 31.1. The van der Waals surface area contributed by atoms with Crippen molar-refractivity contribution < 1.29 is 14.6 Å². The second-order valence-corrected chi connectivity index (χ2v) is 10.9. The van der Waals surface area contributed by atoms with Crippen LogP contribution < -0.4 is 10.2 Å². The third kappa shape index (κ3) is 3.60. The van der Waals surface area contributed by atoms with Gasteiger partial charge < -0.3 is 20.1 Å². The Bertz CT molecular complexity index is 1100. The van der Waals surface area contributed by atoms with Gasteiger partial charge in [-0.2, -0.15) is 0 Å². The summed E-state index contributed by atoms with van der Waals surface area (Å²) in [5, 5.41) is 16.1. The maximum atomic E-state index is 12.7. The molecule has 6 rings (SSSR count). The fourth-order valence-corrected chi connectivity index (χ4v) is 6.25. The third-order valence-electron chi connectivity index (χ3n) is 8.65. The summed E-state index contributed by atoms with van der Waals surface area (Å²) in [6.45, 7) is 6.38. The number of nitrogens with one attached hydrogen (secondary N) is 1. The summed E-state index contributed by atoms with van der Waals surface area (Å²) in [6.07, 6.45) is 5.90. The van der Waals surface area contributed by atoms with Crippen molar-refractivity contribution in [2.75, 3.05) is 49.6 Å². The van der Waals surface area contributed by atoms with Crippen LogP contribution in [0.5, 0.6) is 0 Å². The molecule has 0 radical (unpaired) electrons. The lowest BCUT2D eigenvalue weighted by molar-refractivity contribution is -0.125. The SMILES string of the molecule is CC1(N2CCN(c3cc4cc(NC(=O)C5CCC56CC6)ncc4cc3Cl)CC2)COCC1O. The predicted octanol–water partition coefficient (Wildman–Crippen LogP) is 3.29. The first-order valence-corrected chi connectivity index (χ1v) is 12.4. The van der Waals surface area contributed by atoms with Crippen LogP contribution in [-0.4, -0.2) is 71.9 Å². The fourth-order valence-electron chi connectivity index (χ4n) is 5.96. The molecule has 0 bridgehead atoms. The highest BCUT2D eigenvalue weighted by Gasteiger charge is 2.58. The van der Waals surface area contributed by atoms with Gasteiger partial charge in [0, 0.05) is 43.7 Å². The van der Waals surface area contributed by atoms with Gasteiger partial charge in [0.15, 0.2) is 0 Å². The highest BCUT2D eigenvalue weighted by atomic mass is 35.5. The van der Waals surface area contributed by atoms with Gasteiger partial charge in [-0.15, -0.1) is 0 Å². The summed E-state index contributed by atoms with van der Waals surface area (Å²) in [5.74, 6) is 0.872. The van der Waals surface area contributed by atoms with Gasteiger partial charge in [-0.1, -0.05) is 11.6 Å². The van der Waals surface area contributed by atoms with Crippen LogP contribution in [0.4, 0.5) is 11.5 Å². The van der Waals surface area contributed by atoms with E-state index in [4.69, 9.17) is 16.3 Å². The Labute approximate surface area is 199 Å². The topological polar surface area (TPSA) is 77.9 Å². The number of nitrogens with zero attached hydrogens (tertiary/aromatic N) is 3. The number of carbonyl (C=O) groups excluding carboxylic acids is 1. The van der Waals surface area contributed by atoms with Crippen molar-refractivity contribution in [3.8, 4) is 0 Å². The maximum Gasteiger partial charge on any atom is 0.229 e. The Morgan fingerprint density at radius 2 is 1.97 bits per heavy atom. The Kier molecular flexibility index (Phi) is 5.11. The summed E-state index contributed by atoms with van der Waals surface area (Å²) in [6, 6.07) is 6.01. The van der Waals surface area contributed by atoms with E-state index in [-0.39, 0.29) is 17.4 Å². The number of aliphatic hydroxyl groups excluding tert-OH is 1. The zero-order valence-electron chi connectivity index (χ0n) is 19.0. The van der Waals surface area contributed by atoms with E-state index < -0.39 is 6.10 Å². The van der Waals surface area contributed by atoms with Crippen molar-refractivity contribution >= 4 is 39.8 Å². The Morgan fingerprint density at radius 3 is 2.61 bits per heavy atom. The van der Waals surface area contributed by atoms with Crippen molar-refractivity contribution in [1.29, 1.82) is 0 Å². The minimum Gasteiger partial charge on any atom is -0.389 e. The van der Waals surface area contributed by atoms with Gasteiger partial charge in [-0.05, 0) is 61.6 Å². The van der Waals surface area contributed by atoms with Crippen LogP contribution in [0.25, 0.3) is 10.8 Å². The summed E-state index contributed by atoms with van der Waals surface area (Å²) >= 11 is 6.67. The first-order chi connectivity index (χ1) is 15.9. The molecular formula is C25H31ClN4O3. The van der Waals surface area contributed by atoms with E-state index in [1.807, 2.05) is 12.1 Å². The van der Waals surface area contributed by atoms with Crippen LogP contribution in [0.15, 0.2) is 24.4 Å². The van der Waals surface area contributed by atoms with Crippen LogP contribution in [-0.2, 0) is 9.53 Å². The van der Waals surface area contributed by atoms with E-state index in [1.54, 1.807) is 6.20 Å². The van der Waals surface area contributed by atoms with Gasteiger partial charge in [0.05, 0.1) is 35.6 Å². The molecule has 1 amide bonds. The second-order valence-electron chi connectivity index (χ2n) is 10.5. The highest BCUT2D eigenvalue weighted by molar-refractivity contribution is 6.34. The summed E-state index contributed by atoms with van der Waals surface area (Å²) < 4.78 is 5.52. The number of aliphatic hydroxyl groups is 1. The smallest absolute Gasteiger partial charge is 0.229 e. The molecule has 176 valence electrons. The van der Waals surface area contributed by atoms with Gasteiger partial charge in [0.2, 0.25) is 5.91 Å². The van der Waals surface area contributed by atoms with Crippen molar-refractivity contribution in [3.63, 3.8) is 0 Å². The maximum absolute atomic E-state index is 12.7. The Hall–Kier alpha value is -1.93. The number of amides is 1. The van der Waals surface area contributed by atoms with Gasteiger partial charge in [0.25, 0.3) is 0 Å². The number of rotatable bonds is 4. The molecule has 33 heavy (non-hydrogen) atoms. The van der Waals surface area contributed by atoms with Crippen molar-refractivity contribution in [1.82, 2.24) is 9.88 Å². The molecule has 3 atom stereocenters. The minimum atomic E-state index is -0.454. The molecule has 3 heterocycles. The van der Waals surface area contributed by atoms with E-state index in [2.05, 4.69) is 33.1 Å². The second kappa shape index (κ2) is 7.80. The number of aromatic nitrogens is 1. The van der Waals surface area contributed by atoms with Gasteiger partial charge in [-0.25, -0.2) is 4.98 Å². The number of pyridine rings is 1. The van der Waals surface area contributed by atoms with Crippen LogP contribution in [0.1, 0.15) is 32.6 Å². The standard InChI is InChI=1S/C25H31ClN4O3/c1-24(15-33-14-21(24)31)30-8-6-29(7-9-30)20-11-16-12-22(27-13-17(16)10-19(20)26)28-23(32)18-2-3-25(18)4-5-25/h10-13,18,21,31H,2-9,14-15H2,1H3,(H,27,28,32). The van der Waals surface area contributed by atoms with E-state index >= 15 is 0 Å². The molecule has 8 heteroatoms. The Morgan fingerprint density at radius 1 is 1.18 bits per heavy atom. The molecule has 3 unspecified atom stereocenters. The molecule has 2 aromatic rings. The lowest BCUT2D eigenvalue weighted by Crippen LogP contribution is -2.60. The summed E-state index contributed by atoms with van der Waals surface area (Å²) in [5.41, 5.74) is 0.982. The van der Waals surface area contributed by atoms with Crippen molar-refractivity contribution in [3.05, 3.63) is 29.4 Å². The Balaban J connectivity index is 1.18. The quantitative estimate of drug-likeness (QED) is 0.714. The molecule has 2 saturated heterocycles. The molecule has 2 saturated carbocycles. The van der Waals surface area contributed by atoms with Gasteiger partial charge in [0.1, 0.15) is 5.82 Å². The van der Waals surface area contributed by atoms with E-state index in [1.165, 1.54) is 19.3 Å². The molecule has 2 aliphatic carbocycles. The largest absolute Gasteiger partial charge is 0.389 e. The number of anilines is 2. The van der Waals surface area contributed by atoms with Crippen LogP contribution in [0, 0.1) is 11.3 Å². The monoisotopic (exact) mass is 470 g/mol. The zero-order chi connectivity index (χ0) is 22.8. The molecular weight excluding hydrogens is 440 g/mol. The van der Waals surface area contributed by atoms with Gasteiger partial charge in [-0.3, -0.25) is 9.69 Å². The average Bonchev–Trinajstić information content (AvgIpc) is 3.55. The van der Waals surface area contributed by atoms with E-state index in [0.29, 0.717) is 29.5 Å². The fraction of sp³-hybridized carbons (Fsp3) is 0.600. The third-order valence-corrected chi connectivity index (χ3v) is 8.95. The lowest BCUT2D eigenvalue weighted by atomic mass is 9.70. The number of hydrogen-bond acceptors (Lipinski definition) is 6. The molecule has 4 aliphatic rings. The molecule has 2 aliphatic heterocycles. The number of piperazine rings is 1. The minimum absolute atomic E-state index is 0.113. The first kappa shape index (κ1) is 21.6. The molecule has 1 aromatic carbocycles. The zero-order valence-corrected chi connectivity index (χ0v) is 19.8. The number of carbonyl (C=O) groups is 1. The van der Waals surface area contributed by atoms with Gasteiger partial charge >= 0.3 is 0 Å². The predicted molar refractivity (Wildman–Crippen MR) is 129 cm³/mol. The number of hydrogen-bond donors (Lipinski definition) is 2. The number of halogens is 1. The highest BCUT2D eigenvalue weighted by Crippen LogP contribution is 2.64. The molecule has 1 aromatic heterocycles. The number of benzene rings is 1. The first-order valence-electron chi connectivity index (χ1n) is 12.0. The molecule has 1 spiro atoms. The summed E-state index contributed by atoms with van der Waals surface area (Å²) in [4.78, 5) is 21.8. The number of ether oxygens (including phenoxy) is 1. The average molecular weight is 471 g/mol. The van der Waals surface area contributed by atoms with E-state index in [0.717, 1.165) is 49.1 Å². The molecule has 4 fully saturated rings. The summed E-state index contributed by atoms with van der Waals surface area (Å²) in [7, 11) is 0. The lowest BCUT2D eigenvalue weighted by Gasteiger charge is -2.45. The number of fused-ring (bicyclic) bond motifs is 1. The molecule has 2 N–H and O–H groups in total.